The molecule has 12 nitrogen and oxygen atoms in total. The van der Waals surface area contributed by atoms with Gasteiger partial charge >= 0.3 is 0 Å². The number of aromatic nitrogens is 6. The van der Waals surface area contributed by atoms with Gasteiger partial charge in [-0.05, 0) is 49.9 Å². The molecular formula is C28H32N8O4. The Balaban J connectivity index is 1.07. The maximum Gasteiger partial charge on any atom is 0.264 e. The molecule has 0 atom stereocenters. The molecule has 2 saturated heterocycles. The predicted octanol–water partition coefficient (Wildman–Crippen LogP) is 1.37. The number of amides is 1. The number of rotatable bonds is 6. The van der Waals surface area contributed by atoms with E-state index in [2.05, 4.69) is 20.1 Å². The van der Waals surface area contributed by atoms with Crippen molar-refractivity contribution in [3.8, 4) is 11.4 Å². The summed E-state index contributed by atoms with van der Waals surface area (Å²) in [5.41, 5.74) is 1.90. The van der Waals surface area contributed by atoms with Crippen molar-refractivity contribution in [1.82, 2.24) is 34.0 Å². The molecule has 0 bridgehead atoms. The van der Waals surface area contributed by atoms with Crippen molar-refractivity contribution >= 4 is 22.6 Å². The van der Waals surface area contributed by atoms with Gasteiger partial charge in [0.15, 0.2) is 5.65 Å². The van der Waals surface area contributed by atoms with Crippen LogP contribution in [0.2, 0.25) is 0 Å². The summed E-state index contributed by atoms with van der Waals surface area (Å²) in [5, 5.41) is 20.5. The first kappa shape index (κ1) is 25.0. The third kappa shape index (κ3) is 4.66. The van der Waals surface area contributed by atoms with Crippen LogP contribution in [-0.2, 0) is 16.1 Å². The average Bonchev–Trinajstić information content (AvgIpc) is 3.55. The van der Waals surface area contributed by atoms with Gasteiger partial charge in [-0.25, -0.2) is 14.3 Å². The first-order chi connectivity index (χ1) is 19.5. The number of aliphatic hydroxyl groups is 1. The maximum absolute atomic E-state index is 13.3. The van der Waals surface area contributed by atoms with E-state index in [0.717, 1.165) is 56.2 Å². The minimum Gasteiger partial charge on any atom is -0.388 e. The van der Waals surface area contributed by atoms with Crippen LogP contribution in [0.5, 0.6) is 0 Å². The molecule has 1 aliphatic carbocycles. The van der Waals surface area contributed by atoms with Crippen LogP contribution >= 0.6 is 0 Å². The van der Waals surface area contributed by atoms with Crippen LogP contribution in [0.1, 0.15) is 25.7 Å². The molecule has 0 radical (unpaired) electrons. The number of piperidine rings is 1. The second kappa shape index (κ2) is 9.86. The van der Waals surface area contributed by atoms with E-state index in [1.54, 1.807) is 4.68 Å². The zero-order chi connectivity index (χ0) is 27.3. The largest absolute Gasteiger partial charge is 0.388 e. The molecule has 12 heteroatoms. The Morgan fingerprint density at radius 3 is 2.42 bits per heavy atom. The molecular weight excluding hydrogens is 512 g/mol. The molecule has 5 heterocycles. The van der Waals surface area contributed by atoms with Crippen LogP contribution in [0.3, 0.4) is 0 Å². The van der Waals surface area contributed by atoms with Gasteiger partial charge in [0.1, 0.15) is 11.7 Å². The number of hydrogen-bond acceptors (Lipinski definition) is 8. The monoisotopic (exact) mass is 544 g/mol. The van der Waals surface area contributed by atoms with Gasteiger partial charge in [-0.15, -0.1) is 0 Å². The Morgan fingerprint density at radius 1 is 0.975 bits per heavy atom. The number of carbonyl (C=O) groups excluding carboxylic acids is 1. The summed E-state index contributed by atoms with van der Waals surface area (Å²) in [6, 6.07) is 7.75. The average molecular weight is 545 g/mol. The molecule has 1 N–H and O–H groups in total. The Kier molecular flexibility index (Phi) is 6.16. The van der Waals surface area contributed by atoms with E-state index in [9.17, 15) is 14.7 Å². The van der Waals surface area contributed by atoms with E-state index >= 15 is 0 Å². The van der Waals surface area contributed by atoms with E-state index in [-0.39, 0.29) is 23.9 Å². The van der Waals surface area contributed by atoms with Gasteiger partial charge in [-0.1, -0.05) is 0 Å². The van der Waals surface area contributed by atoms with E-state index in [0.29, 0.717) is 37.0 Å². The minimum atomic E-state index is -1.06. The van der Waals surface area contributed by atoms with Gasteiger partial charge in [0.25, 0.3) is 5.56 Å². The number of carbonyl (C=O) groups is 1. The van der Waals surface area contributed by atoms with Crippen molar-refractivity contribution < 1.29 is 14.6 Å². The number of likely N-dealkylation sites (tertiary alicyclic amines) is 1. The molecule has 208 valence electrons. The summed E-state index contributed by atoms with van der Waals surface area (Å²) >= 11 is 0. The second-order valence-electron chi connectivity index (χ2n) is 11.1. The highest BCUT2D eigenvalue weighted by atomic mass is 16.5. The van der Waals surface area contributed by atoms with Gasteiger partial charge in [-0.2, -0.15) is 10.2 Å². The predicted molar refractivity (Wildman–Crippen MR) is 147 cm³/mol. The maximum atomic E-state index is 13.3. The molecule has 1 aromatic carbocycles. The highest BCUT2D eigenvalue weighted by Crippen LogP contribution is 2.33. The highest BCUT2D eigenvalue weighted by Gasteiger charge is 2.39. The molecule has 1 saturated carbocycles. The lowest BCUT2D eigenvalue weighted by Crippen LogP contribution is -2.50. The number of nitrogens with zero attached hydrogens (tertiary/aromatic N) is 8. The summed E-state index contributed by atoms with van der Waals surface area (Å²) in [7, 11) is 0. The summed E-state index contributed by atoms with van der Waals surface area (Å²) in [5.74, 6) is 0.372. The minimum absolute atomic E-state index is 0.135. The summed E-state index contributed by atoms with van der Waals surface area (Å²) in [6.45, 7) is 4.30. The van der Waals surface area contributed by atoms with Crippen LogP contribution in [0.4, 0.5) is 5.69 Å². The van der Waals surface area contributed by atoms with Crippen molar-refractivity contribution in [2.45, 2.75) is 37.8 Å². The van der Waals surface area contributed by atoms with Gasteiger partial charge in [0, 0.05) is 32.1 Å². The Morgan fingerprint density at radius 2 is 1.70 bits per heavy atom. The van der Waals surface area contributed by atoms with Gasteiger partial charge in [-0.3, -0.25) is 14.2 Å². The molecule has 1 amide bonds. The molecule has 0 spiro atoms. The lowest BCUT2D eigenvalue weighted by Gasteiger charge is -2.38. The van der Waals surface area contributed by atoms with Crippen LogP contribution in [0, 0.1) is 5.92 Å². The molecule has 40 heavy (non-hydrogen) atoms. The van der Waals surface area contributed by atoms with Crippen LogP contribution in [-0.4, -0.2) is 90.0 Å². The molecule has 7 rings (SSSR count). The Bertz CT molecular complexity index is 1590. The fraction of sp³-hybridized carbons (Fsp3) is 0.464. The lowest BCUT2D eigenvalue weighted by molar-refractivity contribution is -0.137. The second-order valence-corrected chi connectivity index (χ2v) is 11.1. The smallest absolute Gasteiger partial charge is 0.264 e. The zero-order valence-corrected chi connectivity index (χ0v) is 22.2. The third-order valence-electron chi connectivity index (χ3n) is 8.26. The van der Waals surface area contributed by atoms with Crippen molar-refractivity contribution in [3.05, 3.63) is 59.5 Å². The van der Waals surface area contributed by atoms with Gasteiger partial charge < -0.3 is 19.6 Å². The Labute approximate surface area is 230 Å². The highest BCUT2D eigenvalue weighted by molar-refractivity contribution is 5.81. The number of hydrogen-bond donors (Lipinski definition) is 1. The molecule has 2 aliphatic heterocycles. The number of morpholine rings is 1. The normalized spacial score (nSPS) is 19.3. The fourth-order valence-electron chi connectivity index (χ4n) is 5.64. The first-order valence-corrected chi connectivity index (χ1v) is 13.9. The SMILES string of the molecule is O=C(C1CC1)N1CCC(O)(Cn2cnc3c(cnn3-c3ccc(-n4cc(N5CCOCC5)cn4)cc3)c2=O)CC1. The number of fused-ring (bicyclic) bond motifs is 1. The zero-order valence-electron chi connectivity index (χ0n) is 22.2. The van der Waals surface area contributed by atoms with Crippen molar-refractivity contribution in [3.63, 3.8) is 0 Å². The van der Waals surface area contributed by atoms with Gasteiger partial charge in [0.05, 0.1) is 61.0 Å². The summed E-state index contributed by atoms with van der Waals surface area (Å²) in [4.78, 5) is 34.3. The first-order valence-electron chi connectivity index (χ1n) is 13.9. The number of ether oxygens (including phenoxy) is 1. The third-order valence-corrected chi connectivity index (χ3v) is 8.26. The van der Waals surface area contributed by atoms with Crippen LogP contribution in [0.15, 0.2) is 54.0 Å². The molecule has 3 aromatic heterocycles. The standard InChI is InChI=1S/C28H32N8O4/c37-26(20-1-2-20)33-9-7-28(39,8-10-33)18-34-19-29-25-24(27(34)38)16-31-36(25)22-5-3-21(4-6-22)35-17-23(15-30-35)32-11-13-40-14-12-32/h3-6,15-17,19-20,39H,1-2,7-14,18H2. The quantitative estimate of drug-likeness (QED) is 0.386. The van der Waals surface area contributed by atoms with Crippen LogP contribution in [0.25, 0.3) is 22.4 Å². The van der Waals surface area contributed by atoms with E-state index in [1.165, 1.54) is 17.1 Å². The fourth-order valence-corrected chi connectivity index (χ4v) is 5.64. The number of anilines is 1. The summed E-state index contributed by atoms with van der Waals surface area (Å²) < 4.78 is 10.4. The van der Waals surface area contributed by atoms with Crippen molar-refractivity contribution in [2.75, 3.05) is 44.3 Å². The van der Waals surface area contributed by atoms with Gasteiger partial charge in [0.2, 0.25) is 5.91 Å². The summed E-state index contributed by atoms with van der Waals surface area (Å²) in [6.07, 6.45) is 9.70. The molecule has 3 aliphatic rings. The van der Waals surface area contributed by atoms with Crippen molar-refractivity contribution in [1.29, 1.82) is 0 Å². The molecule has 4 aromatic rings. The van der Waals surface area contributed by atoms with Crippen LogP contribution < -0.4 is 10.5 Å². The van der Waals surface area contributed by atoms with E-state index in [1.807, 2.05) is 46.2 Å². The van der Waals surface area contributed by atoms with E-state index < -0.39 is 5.60 Å². The lowest BCUT2D eigenvalue weighted by atomic mass is 9.91. The number of benzene rings is 1. The molecule has 3 fully saturated rings. The van der Waals surface area contributed by atoms with E-state index in [4.69, 9.17) is 4.74 Å². The van der Waals surface area contributed by atoms with Crippen molar-refractivity contribution in [2.24, 2.45) is 5.92 Å². The molecule has 0 unspecified atom stereocenters. The Hall–Kier alpha value is -4.03. The topological polar surface area (TPSA) is 124 Å².